The minimum atomic E-state index is -0.673. The number of ether oxygens (including phenoxy) is 1. The molecule has 0 spiro atoms. The van der Waals surface area contributed by atoms with Crippen LogP contribution in [0, 0.1) is 0 Å². The molecule has 4 heteroatoms. The summed E-state index contributed by atoms with van der Waals surface area (Å²) in [6.07, 6.45) is -0.673. The standard InChI is InChI=1S/C14H19NO3/c1-10(16)15(5)13(17)18-12-8-6-7-11(9-12)14(2,3)4/h6-9H,1-5H3. The van der Waals surface area contributed by atoms with Crippen molar-refractivity contribution in [3.63, 3.8) is 0 Å². The van der Waals surface area contributed by atoms with Crippen molar-refractivity contribution in [2.24, 2.45) is 0 Å². The number of hydrogen-bond donors (Lipinski definition) is 0. The zero-order valence-electron chi connectivity index (χ0n) is 11.5. The molecule has 0 aliphatic heterocycles. The molecular weight excluding hydrogens is 230 g/mol. The van der Waals surface area contributed by atoms with E-state index in [-0.39, 0.29) is 11.3 Å². The van der Waals surface area contributed by atoms with E-state index in [9.17, 15) is 9.59 Å². The lowest BCUT2D eigenvalue weighted by Crippen LogP contribution is -2.33. The quantitative estimate of drug-likeness (QED) is 0.768. The maximum absolute atomic E-state index is 11.6. The number of hydrogen-bond acceptors (Lipinski definition) is 3. The van der Waals surface area contributed by atoms with Crippen LogP contribution in [0.4, 0.5) is 4.79 Å². The average Bonchev–Trinajstić information content (AvgIpc) is 2.27. The lowest BCUT2D eigenvalue weighted by atomic mass is 9.87. The summed E-state index contributed by atoms with van der Waals surface area (Å²) in [7, 11) is 1.39. The Hall–Kier alpha value is -1.84. The highest BCUT2D eigenvalue weighted by molar-refractivity contribution is 5.90. The molecule has 0 aliphatic rings. The number of amides is 2. The SMILES string of the molecule is CC(=O)N(C)C(=O)Oc1cccc(C(C)(C)C)c1. The second-order valence-electron chi connectivity index (χ2n) is 5.22. The minimum absolute atomic E-state index is 0.0190. The highest BCUT2D eigenvalue weighted by Gasteiger charge is 2.17. The molecule has 0 heterocycles. The van der Waals surface area contributed by atoms with Crippen molar-refractivity contribution in [3.8, 4) is 5.75 Å². The van der Waals surface area contributed by atoms with E-state index in [1.54, 1.807) is 6.07 Å². The van der Waals surface area contributed by atoms with Gasteiger partial charge in [-0.2, -0.15) is 0 Å². The van der Waals surface area contributed by atoms with Gasteiger partial charge >= 0.3 is 6.09 Å². The number of rotatable bonds is 1. The molecule has 0 saturated heterocycles. The maximum Gasteiger partial charge on any atom is 0.421 e. The summed E-state index contributed by atoms with van der Waals surface area (Å²) in [5, 5.41) is 0. The Morgan fingerprint density at radius 1 is 1.22 bits per heavy atom. The Balaban J connectivity index is 2.86. The fourth-order valence-corrected chi connectivity index (χ4v) is 1.32. The monoisotopic (exact) mass is 249 g/mol. The molecule has 0 N–H and O–H groups in total. The predicted octanol–water partition coefficient (Wildman–Crippen LogP) is 2.96. The first-order valence-electron chi connectivity index (χ1n) is 5.78. The van der Waals surface area contributed by atoms with Gasteiger partial charge in [0.25, 0.3) is 0 Å². The molecule has 0 radical (unpaired) electrons. The van der Waals surface area contributed by atoms with Crippen LogP contribution in [0.3, 0.4) is 0 Å². The molecule has 0 fully saturated rings. The van der Waals surface area contributed by atoms with Gasteiger partial charge in [-0.1, -0.05) is 32.9 Å². The summed E-state index contributed by atoms with van der Waals surface area (Å²) < 4.78 is 5.14. The molecule has 0 saturated carbocycles. The highest BCUT2D eigenvalue weighted by atomic mass is 16.6. The fourth-order valence-electron chi connectivity index (χ4n) is 1.32. The third-order valence-corrected chi connectivity index (χ3v) is 2.65. The van der Waals surface area contributed by atoms with E-state index in [0.29, 0.717) is 5.75 Å². The van der Waals surface area contributed by atoms with Gasteiger partial charge in [-0.05, 0) is 23.1 Å². The number of carbonyl (C=O) groups is 2. The summed E-state index contributed by atoms with van der Waals surface area (Å²) in [5.41, 5.74) is 1.05. The molecule has 0 bridgehead atoms. The third kappa shape index (κ3) is 3.58. The van der Waals surface area contributed by atoms with Crippen molar-refractivity contribution < 1.29 is 14.3 Å². The van der Waals surface area contributed by atoms with Crippen LogP contribution in [-0.2, 0) is 10.2 Å². The van der Waals surface area contributed by atoms with Gasteiger partial charge in [0.05, 0.1) is 0 Å². The van der Waals surface area contributed by atoms with E-state index in [0.717, 1.165) is 10.5 Å². The zero-order chi connectivity index (χ0) is 13.9. The number of nitrogens with zero attached hydrogens (tertiary/aromatic N) is 1. The molecule has 1 aromatic carbocycles. The molecule has 0 aromatic heterocycles. The molecule has 18 heavy (non-hydrogen) atoms. The van der Waals surface area contributed by atoms with Gasteiger partial charge in [-0.25, -0.2) is 4.79 Å². The third-order valence-electron chi connectivity index (χ3n) is 2.65. The van der Waals surface area contributed by atoms with Crippen molar-refractivity contribution in [1.82, 2.24) is 4.90 Å². The van der Waals surface area contributed by atoms with Crippen LogP contribution in [0.1, 0.15) is 33.3 Å². The highest BCUT2D eigenvalue weighted by Crippen LogP contribution is 2.25. The summed E-state index contributed by atoms with van der Waals surface area (Å²) in [6, 6.07) is 7.32. The van der Waals surface area contributed by atoms with Crippen LogP contribution >= 0.6 is 0 Å². The molecule has 0 atom stereocenters. The van der Waals surface area contributed by atoms with Crippen LogP contribution < -0.4 is 4.74 Å². The maximum atomic E-state index is 11.6. The largest absolute Gasteiger partial charge is 0.421 e. The molecule has 1 rings (SSSR count). The topological polar surface area (TPSA) is 46.6 Å². The second kappa shape index (κ2) is 5.21. The Labute approximate surface area is 108 Å². The number of imide groups is 1. The first kappa shape index (κ1) is 14.2. The van der Waals surface area contributed by atoms with Gasteiger partial charge in [0, 0.05) is 14.0 Å². The molecule has 0 aliphatic carbocycles. The van der Waals surface area contributed by atoms with Crippen molar-refractivity contribution in [2.75, 3.05) is 7.05 Å². The number of benzene rings is 1. The molecule has 98 valence electrons. The zero-order valence-corrected chi connectivity index (χ0v) is 11.5. The van der Waals surface area contributed by atoms with E-state index < -0.39 is 6.09 Å². The van der Waals surface area contributed by atoms with Crippen LogP contribution in [0.25, 0.3) is 0 Å². The normalized spacial score (nSPS) is 10.9. The van der Waals surface area contributed by atoms with Crippen LogP contribution in [0.5, 0.6) is 5.75 Å². The fraction of sp³-hybridized carbons (Fsp3) is 0.429. The first-order chi connectivity index (χ1) is 8.21. The smallest absolute Gasteiger partial charge is 0.410 e. The Bertz CT molecular complexity index is 460. The van der Waals surface area contributed by atoms with Crippen LogP contribution in [-0.4, -0.2) is 23.9 Å². The molecule has 2 amide bonds. The van der Waals surface area contributed by atoms with Gasteiger partial charge < -0.3 is 4.74 Å². The Kier molecular flexibility index (Phi) is 4.11. The predicted molar refractivity (Wildman–Crippen MR) is 69.6 cm³/mol. The minimum Gasteiger partial charge on any atom is -0.410 e. The summed E-state index contributed by atoms with van der Waals surface area (Å²) in [4.78, 5) is 23.6. The average molecular weight is 249 g/mol. The van der Waals surface area contributed by atoms with Gasteiger partial charge in [-0.3, -0.25) is 9.69 Å². The van der Waals surface area contributed by atoms with Gasteiger partial charge in [0.2, 0.25) is 5.91 Å². The van der Waals surface area contributed by atoms with Crippen molar-refractivity contribution in [3.05, 3.63) is 29.8 Å². The summed E-state index contributed by atoms with van der Waals surface area (Å²) in [5.74, 6) is 0.0903. The van der Waals surface area contributed by atoms with Gasteiger partial charge in [0.1, 0.15) is 5.75 Å². The molecule has 1 aromatic rings. The molecular formula is C14H19NO3. The van der Waals surface area contributed by atoms with Gasteiger partial charge in [-0.15, -0.1) is 0 Å². The first-order valence-corrected chi connectivity index (χ1v) is 5.78. The lowest BCUT2D eigenvalue weighted by Gasteiger charge is -2.20. The van der Waals surface area contributed by atoms with Crippen molar-refractivity contribution in [2.45, 2.75) is 33.1 Å². The molecule has 0 unspecified atom stereocenters. The Morgan fingerprint density at radius 2 is 1.83 bits per heavy atom. The van der Waals surface area contributed by atoms with E-state index in [1.807, 2.05) is 18.2 Å². The van der Waals surface area contributed by atoms with E-state index in [1.165, 1.54) is 14.0 Å². The lowest BCUT2D eigenvalue weighted by molar-refractivity contribution is -0.125. The van der Waals surface area contributed by atoms with E-state index >= 15 is 0 Å². The van der Waals surface area contributed by atoms with Crippen molar-refractivity contribution in [1.29, 1.82) is 0 Å². The van der Waals surface area contributed by atoms with Gasteiger partial charge in [0.15, 0.2) is 0 Å². The van der Waals surface area contributed by atoms with Crippen LogP contribution in [0.2, 0.25) is 0 Å². The van der Waals surface area contributed by atoms with E-state index in [2.05, 4.69) is 20.8 Å². The molecule has 4 nitrogen and oxygen atoms in total. The van der Waals surface area contributed by atoms with Crippen LogP contribution in [0.15, 0.2) is 24.3 Å². The second-order valence-corrected chi connectivity index (χ2v) is 5.22. The number of carbonyl (C=O) groups excluding carboxylic acids is 2. The summed E-state index contributed by atoms with van der Waals surface area (Å²) in [6.45, 7) is 7.55. The summed E-state index contributed by atoms with van der Waals surface area (Å²) >= 11 is 0. The van der Waals surface area contributed by atoms with E-state index in [4.69, 9.17) is 4.74 Å². The Morgan fingerprint density at radius 3 is 2.33 bits per heavy atom. The van der Waals surface area contributed by atoms with Crippen molar-refractivity contribution >= 4 is 12.0 Å².